The molecule has 1 heterocycles. The molecule has 1 unspecified atom stereocenters. The van der Waals surface area contributed by atoms with Crippen LogP contribution in [0.2, 0.25) is 0 Å². The molecule has 0 saturated carbocycles. The van der Waals surface area contributed by atoms with E-state index in [-0.39, 0.29) is 5.17 Å². The maximum absolute atomic E-state index is 11.6. The minimum atomic E-state index is -0.176. The maximum Gasteiger partial charge on any atom is 0.243 e. The average molecular weight is 217 g/mol. The van der Waals surface area contributed by atoms with E-state index in [0.717, 1.165) is 5.69 Å². The third-order valence-corrected chi connectivity index (χ3v) is 2.15. The number of benzene rings is 1. The summed E-state index contributed by atoms with van der Waals surface area (Å²) < 4.78 is 0. The fourth-order valence-electron chi connectivity index (χ4n) is 1.42. The second-order valence-corrected chi connectivity index (χ2v) is 3.26. The largest absolute Gasteiger partial charge is 0.603 e. The van der Waals surface area contributed by atoms with Crippen LogP contribution in [0, 0.1) is 16.5 Å². The highest BCUT2D eigenvalue weighted by molar-refractivity contribution is 5.96. The molecule has 0 amide bonds. The molecule has 0 spiro atoms. The number of hydrogen-bond acceptors (Lipinski definition) is 3. The van der Waals surface area contributed by atoms with Gasteiger partial charge in [0, 0.05) is 6.07 Å². The van der Waals surface area contributed by atoms with E-state index < -0.39 is 0 Å². The van der Waals surface area contributed by atoms with E-state index in [2.05, 4.69) is 15.7 Å². The van der Waals surface area contributed by atoms with Gasteiger partial charge in [0.2, 0.25) is 5.96 Å². The predicted octanol–water partition coefficient (Wildman–Crippen LogP) is -0.0994. The Morgan fingerprint density at radius 3 is 3.06 bits per heavy atom. The zero-order valence-corrected chi connectivity index (χ0v) is 8.53. The van der Waals surface area contributed by atoms with Gasteiger partial charge in [-0.05, 0) is 6.07 Å². The third kappa shape index (κ3) is 2.11. The van der Waals surface area contributed by atoms with Gasteiger partial charge in [-0.3, -0.25) is 0 Å². The van der Waals surface area contributed by atoms with Crippen LogP contribution in [0.4, 0.5) is 11.4 Å². The van der Waals surface area contributed by atoms with Gasteiger partial charge < -0.3 is 10.5 Å². The van der Waals surface area contributed by atoms with Crippen LogP contribution in [0.1, 0.15) is 6.42 Å². The molecule has 1 atom stereocenters. The second kappa shape index (κ2) is 4.61. The van der Waals surface area contributed by atoms with E-state index in [1.54, 1.807) is 12.1 Å². The Kier molecular flexibility index (Phi) is 3.00. The van der Waals surface area contributed by atoms with Crippen LogP contribution < -0.4 is 15.9 Å². The summed E-state index contributed by atoms with van der Waals surface area (Å²) in [5.41, 5.74) is 3.96. The quantitative estimate of drug-likeness (QED) is 0.477. The minimum Gasteiger partial charge on any atom is -0.603 e. The van der Waals surface area contributed by atoms with Crippen LogP contribution in [-0.4, -0.2) is 12.5 Å². The van der Waals surface area contributed by atoms with Gasteiger partial charge in [0.15, 0.2) is 5.69 Å². The lowest BCUT2D eigenvalue weighted by atomic mass is 10.2. The molecule has 3 N–H and O–H groups in total. The van der Waals surface area contributed by atoms with Gasteiger partial charge in [-0.15, -0.1) is 0 Å². The first-order valence-electron chi connectivity index (χ1n) is 4.90. The summed E-state index contributed by atoms with van der Waals surface area (Å²) in [7, 11) is 0. The Labute approximate surface area is 92.8 Å². The summed E-state index contributed by atoms with van der Waals surface area (Å²) in [5, 5.41) is 22.8. The van der Waals surface area contributed by atoms with Crippen molar-refractivity contribution in [2.75, 3.05) is 11.9 Å². The summed E-state index contributed by atoms with van der Waals surface area (Å²) in [4.78, 5) is 4.07. The second-order valence-electron chi connectivity index (χ2n) is 3.26. The number of fused-ring (bicyclic) bond motifs is 1. The van der Waals surface area contributed by atoms with Crippen LogP contribution >= 0.6 is 0 Å². The minimum absolute atomic E-state index is 0.176. The Hall–Kier alpha value is -2.10. The molecule has 0 aliphatic carbocycles. The molecule has 0 saturated heterocycles. The van der Waals surface area contributed by atoms with E-state index in [1.165, 1.54) is 0 Å². The first kappa shape index (κ1) is 10.4. The lowest BCUT2D eigenvalue weighted by Crippen LogP contribution is -3.11. The number of nitriles is 1. The molecule has 6 nitrogen and oxygen atoms in total. The van der Waals surface area contributed by atoms with Crippen LogP contribution in [-0.2, 0) is 0 Å². The van der Waals surface area contributed by atoms with Crippen LogP contribution in [0.15, 0.2) is 29.3 Å². The molecule has 0 aromatic heterocycles. The fourth-order valence-corrected chi connectivity index (χ4v) is 1.42. The Morgan fingerprint density at radius 2 is 2.25 bits per heavy atom. The van der Waals surface area contributed by atoms with E-state index in [0.29, 0.717) is 24.6 Å². The monoisotopic (exact) mass is 217 g/mol. The molecule has 16 heavy (non-hydrogen) atoms. The van der Waals surface area contributed by atoms with Gasteiger partial charge in [-0.2, -0.15) is 10.7 Å². The molecule has 0 radical (unpaired) electrons. The van der Waals surface area contributed by atoms with Crippen molar-refractivity contribution in [2.24, 2.45) is 4.99 Å². The van der Waals surface area contributed by atoms with Crippen molar-refractivity contribution in [1.29, 1.82) is 5.26 Å². The highest BCUT2D eigenvalue weighted by atomic mass is 16.5. The van der Waals surface area contributed by atoms with Crippen molar-refractivity contribution in [3.05, 3.63) is 29.5 Å². The number of quaternary nitrogens is 1. The van der Waals surface area contributed by atoms with Crippen molar-refractivity contribution >= 4 is 17.3 Å². The molecular weight excluding hydrogens is 206 g/mol. The summed E-state index contributed by atoms with van der Waals surface area (Å²) in [5.74, 6) is 0.402. The number of guanidine groups is 1. The summed E-state index contributed by atoms with van der Waals surface area (Å²) in [6, 6.07) is 9.19. The van der Waals surface area contributed by atoms with E-state index in [1.807, 2.05) is 18.2 Å². The van der Waals surface area contributed by atoms with Gasteiger partial charge in [-0.1, -0.05) is 12.1 Å². The highest BCUT2D eigenvalue weighted by Crippen LogP contribution is 2.17. The van der Waals surface area contributed by atoms with Gasteiger partial charge in [0.05, 0.1) is 19.0 Å². The maximum atomic E-state index is 11.6. The zero-order valence-electron chi connectivity index (χ0n) is 8.53. The molecular formula is C10H11N5O. The normalized spacial score (nSPS) is 20.5. The van der Waals surface area contributed by atoms with Crippen molar-refractivity contribution in [2.45, 2.75) is 6.42 Å². The van der Waals surface area contributed by atoms with Crippen molar-refractivity contribution in [1.82, 2.24) is 5.43 Å². The van der Waals surface area contributed by atoms with Crippen LogP contribution in [0.5, 0.6) is 0 Å². The van der Waals surface area contributed by atoms with Crippen molar-refractivity contribution in [3.8, 4) is 6.07 Å². The lowest BCUT2D eigenvalue weighted by Gasteiger charge is -2.30. The number of anilines is 1. The number of para-hydroxylation sites is 2. The number of aliphatic imine (C=N–C) groups is 1. The number of hydrogen-bond donors (Lipinski definition) is 3. The van der Waals surface area contributed by atoms with Gasteiger partial charge >= 0.3 is 0 Å². The van der Waals surface area contributed by atoms with Gasteiger partial charge in [0.25, 0.3) is 0 Å². The molecule has 1 aliphatic heterocycles. The lowest BCUT2D eigenvalue weighted by molar-refractivity contribution is -0.816. The Morgan fingerprint density at radius 1 is 1.44 bits per heavy atom. The Bertz CT molecular complexity index is 451. The summed E-state index contributed by atoms with van der Waals surface area (Å²) in [6.45, 7) is 0.376. The van der Waals surface area contributed by atoms with Gasteiger partial charge in [-0.25, -0.2) is 10.2 Å². The number of rotatable bonds is 2. The van der Waals surface area contributed by atoms with Gasteiger partial charge in [0.1, 0.15) is 5.69 Å². The molecule has 1 aromatic carbocycles. The van der Waals surface area contributed by atoms with Crippen LogP contribution in [0.3, 0.4) is 0 Å². The molecule has 2 rings (SSSR count). The average Bonchev–Trinajstić information content (AvgIpc) is 2.30. The van der Waals surface area contributed by atoms with Crippen molar-refractivity contribution in [3.63, 3.8) is 0 Å². The first-order chi connectivity index (χ1) is 7.81. The zero-order chi connectivity index (χ0) is 11.4. The van der Waals surface area contributed by atoms with E-state index >= 15 is 0 Å². The first-order valence-corrected chi connectivity index (χ1v) is 4.90. The summed E-state index contributed by atoms with van der Waals surface area (Å²) >= 11 is 0. The molecule has 1 aromatic rings. The standard InChI is InChI=1S/C10H11N5O/c11-6-3-7-12-10-13-8-4-1-2-5-9(8)15(16)14-10/h1-2,4-5,15H,3,7H2,(H2,12,13,14). The molecule has 6 heteroatoms. The molecule has 0 bridgehead atoms. The van der Waals surface area contributed by atoms with Crippen LogP contribution in [0.25, 0.3) is 0 Å². The molecule has 1 aliphatic rings. The smallest absolute Gasteiger partial charge is 0.243 e. The van der Waals surface area contributed by atoms with E-state index in [9.17, 15) is 5.21 Å². The van der Waals surface area contributed by atoms with E-state index in [4.69, 9.17) is 5.26 Å². The highest BCUT2D eigenvalue weighted by Gasteiger charge is 2.18. The molecule has 0 fully saturated rings. The fraction of sp³-hybridized carbons (Fsp3) is 0.200. The predicted molar refractivity (Wildman–Crippen MR) is 59.7 cm³/mol. The molecule has 82 valence electrons. The SMILES string of the molecule is N#CCCN=C1Nc2ccccc2[NH+]([O-])N1. The number of nitrogens with zero attached hydrogens (tertiary/aromatic N) is 2. The topological polar surface area (TPSA) is 87.7 Å². The van der Waals surface area contributed by atoms with Crippen molar-refractivity contribution < 1.29 is 5.17 Å². The number of nitrogens with one attached hydrogen (secondary N) is 3. The Balaban J connectivity index is 2.15. The summed E-state index contributed by atoms with van der Waals surface area (Å²) in [6.07, 6.45) is 0.336. The third-order valence-electron chi connectivity index (χ3n) is 2.15.